The van der Waals surface area contributed by atoms with E-state index in [1.54, 1.807) is 19.0 Å². The zero-order valence-electron chi connectivity index (χ0n) is 8.11. The van der Waals surface area contributed by atoms with Crippen LogP contribution < -0.4 is 4.90 Å². The lowest BCUT2D eigenvalue weighted by molar-refractivity contribution is 0.608. The Hall–Kier alpha value is -0.590. The molecule has 84 valence electrons. The third kappa shape index (κ3) is 3.48. The van der Waals surface area contributed by atoms with E-state index < -0.39 is 9.05 Å². The van der Waals surface area contributed by atoms with Gasteiger partial charge in [-0.25, -0.2) is 18.4 Å². The molecule has 0 aliphatic rings. The van der Waals surface area contributed by atoms with Crippen LogP contribution in [0, 0.1) is 0 Å². The number of halogens is 2. The summed E-state index contributed by atoms with van der Waals surface area (Å²) < 4.78 is 21.9. The molecule has 1 aromatic heterocycles. The Morgan fingerprint density at radius 2 is 2.00 bits per heavy atom. The third-order valence-corrected chi connectivity index (χ3v) is 2.90. The van der Waals surface area contributed by atoms with Gasteiger partial charge in [-0.3, -0.25) is 0 Å². The topological polar surface area (TPSA) is 63.2 Å². The number of hydrogen-bond donors (Lipinski definition) is 0. The van der Waals surface area contributed by atoms with Crippen molar-refractivity contribution in [3.63, 3.8) is 0 Å². The molecular weight excluding hydrogens is 261 g/mol. The molecule has 0 atom stereocenters. The number of rotatable bonds is 3. The van der Waals surface area contributed by atoms with Crippen molar-refractivity contribution >= 4 is 37.2 Å². The van der Waals surface area contributed by atoms with Crippen LogP contribution in [0.3, 0.4) is 0 Å². The predicted octanol–water partition coefficient (Wildman–Crippen LogP) is 1.26. The van der Waals surface area contributed by atoms with Gasteiger partial charge in [0.15, 0.2) is 0 Å². The van der Waals surface area contributed by atoms with Crippen LogP contribution in [0.25, 0.3) is 0 Å². The van der Waals surface area contributed by atoms with Crippen LogP contribution in [0.4, 0.5) is 5.82 Å². The second kappa shape index (κ2) is 4.51. The lowest BCUT2D eigenvalue weighted by atomic mass is 10.3. The highest BCUT2D eigenvalue weighted by Crippen LogP contribution is 2.25. The Morgan fingerprint density at radius 1 is 1.40 bits per heavy atom. The molecular formula is C7H9Cl2N3O2S. The van der Waals surface area contributed by atoms with E-state index in [0.29, 0.717) is 11.4 Å². The monoisotopic (exact) mass is 269 g/mol. The normalized spacial score (nSPS) is 11.5. The molecule has 0 aliphatic carbocycles. The van der Waals surface area contributed by atoms with Gasteiger partial charge in [0.05, 0.1) is 5.75 Å². The molecule has 8 heteroatoms. The first-order valence-corrected chi connectivity index (χ1v) is 6.76. The summed E-state index contributed by atoms with van der Waals surface area (Å²) in [5, 5.41) is 0.0953. The summed E-state index contributed by atoms with van der Waals surface area (Å²) in [6, 6.07) is 0. The molecule has 0 bridgehead atoms. The highest BCUT2D eigenvalue weighted by molar-refractivity contribution is 8.13. The third-order valence-electron chi connectivity index (χ3n) is 1.61. The molecule has 5 nitrogen and oxygen atoms in total. The number of hydrogen-bond acceptors (Lipinski definition) is 5. The Morgan fingerprint density at radius 3 is 2.47 bits per heavy atom. The fourth-order valence-corrected chi connectivity index (χ4v) is 2.28. The Balaban J connectivity index is 3.25. The molecule has 1 rings (SSSR count). The van der Waals surface area contributed by atoms with Crippen LogP contribution >= 0.6 is 22.3 Å². The molecule has 0 fully saturated rings. The zero-order valence-corrected chi connectivity index (χ0v) is 10.4. The van der Waals surface area contributed by atoms with Crippen molar-refractivity contribution in [3.05, 3.63) is 17.0 Å². The number of nitrogens with zero attached hydrogens (tertiary/aromatic N) is 3. The molecule has 0 aliphatic heterocycles. The SMILES string of the molecule is CN(C)c1ncnc(Cl)c1CS(=O)(=O)Cl. The summed E-state index contributed by atoms with van der Waals surface area (Å²) >= 11 is 5.78. The molecule has 0 saturated heterocycles. The van der Waals surface area contributed by atoms with Crippen LogP contribution in [-0.4, -0.2) is 32.5 Å². The Kier molecular flexibility index (Phi) is 3.75. The van der Waals surface area contributed by atoms with Crippen LogP contribution in [0.15, 0.2) is 6.33 Å². The minimum atomic E-state index is -3.67. The molecule has 0 spiro atoms. The molecule has 1 aromatic rings. The van der Waals surface area contributed by atoms with Gasteiger partial charge in [-0.15, -0.1) is 0 Å². The van der Waals surface area contributed by atoms with Crippen molar-refractivity contribution in [2.24, 2.45) is 0 Å². The van der Waals surface area contributed by atoms with E-state index in [-0.39, 0.29) is 10.9 Å². The van der Waals surface area contributed by atoms with Gasteiger partial charge in [0, 0.05) is 30.3 Å². The zero-order chi connectivity index (χ0) is 11.6. The van der Waals surface area contributed by atoms with Gasteiger partial charge in [-0.1, -0.05) is 11.6 Å². The lowest BCUT2D eigenvalue weighted by Gasteiger charge is -2.15. The molecule has 0 N–H and O–H groups in total. The Bertz CT molecular complexity index is 461. The van der Waals surface area contributed by atoms with Crippen molar-refractivity contribution in [1.82, 2.24) is 9.97 Å². The maximum absolute atomic E-state index is 11.0. The summed E-state index contributed by atoms with van der Waals surface area (Å²) in [5.74, 6) is 0.0566. The van der Waals surface area contributed by atoms with Gasteiger partial charge in [0.25, 0.3) is 0 Å². The summed E-state index contributed by atoms with van der Waals surface area (Å²) in [7, 11) is 4.93. The van der Waals surface area contributed by atoms with Crippen LogP contribution in [0.5, 0.6) is 0 Å². The van der Waals surface area contributed by atoms with Crippen molar-refractivity contribution in [1.29, 1.82) is 0 Å². The Labute approximate surface area is 97.5 Å². The molecule has 15 heavy (non-hydrogen) atoms. The number of aromatic nitrogens is 2. The van der Waals surface area contributed by atoms with Gasteiger partial charge in [-0.05, 0) is 0 Å². The smallest absolute Gasteiger partial charge is 0.237 e. The van der Waals surface area contributed by atoms with E-state index in [9.17, 15) is 8.42 Å². The first-order chi connectivity index (χ1) is 6.81. The molecule has 0 saturated carbocycles. The lowest BCUT2D eigenvalue weighted by Crippen LogP contribution is -2.15. The summed E-state index contributed by atoms with van der Waals surface area (Å²) in [6.07, 6.45) is 1.27. The summed E-state index contributed by atoms with van der Waals surface area (Å²) in [5.41, 5.74) is 0.305. The minimum absolute atomic E-state index is 0.0953. The van der Waals surface area contributed by atoms with E-state index in [0.717, 1.165) is 0 Å². The highest BCUT2D eigenvalue weighted by Gasteiger charge is 2.17. The van der Waals surface area contributed by atoms with Crippen molar-refractivity contribution < 1.29 is 8.42 Å². The van der Waals surface area contributed by atoms with E-state index >= 15 is 0 Å². The van der Waals surface area contributed by atoms with E-state index in [1.165, 1.54) is 6.33 Å². The average molecular weight is 270 g/mol. The number of anilines is 1. The van der Waals surface area contributed by atoms with Gasteiger partial charge < -0.3 is 4.90 Å². The predicted molar refractivity (Wildman–Crippen MR) is 59.8 cm³/mol. The first-order valence-electron chi connectivity index (χ1n) is 3.90. The molecule has 0 amide bonds. The molecule has 1 heterocycles. The quantitative estimate of drug-likeness (QED) is 0.611. The first kappa shape index (κ1) is 12.5. The second-order valence-corrected chi connectivity index (χ2v) is 6.18. The van der Waals surface area contributed by atoms with Gasteiger partial charge >= 0.3 is 0 Å². The highest BCUT2D eigenvalue weighted by atomic mass is 35.7. The van der Waals surface area contributed by atoms with Gasteiger partial charge in [0.2, 0.25) is 9.05 Å². The molecule has 0 unspecified atom stereocenters. The van der Waals surface area contributed by atoms with Crippen LogP contribution in [0.2, 0.25) is 5.15 Å². The largest absolute Gasteiger partial charge is 0.362 e. The summed E-state index contributed by atoms with van der Waals surface area (Å²) in [4.78, 5) is 9.29. The fraction of sp³-hybridized carbons (Fsp3) is 0.429. The second-order valence-electron chi connectivity index (χ2n) is 3.04. The maximum Gasteiger partial charge on any atom is 0.237 e. The van der Waals surface area contributed by atoms with E-state index in [4.69, 9.17) is 22.3 Å². The fourth-order valence-electron chi connectivity index (χ4n) is 1.06. The standard InChI is InChI=1S/C7H9Cl2N3O2S/c1-12(2)7-5(3-15(9,13)14)6(8)10-4-11-7/h4H,3H2,1-2H3. The van der Waals surface area contributed by atoms with Crippen molar-refractivity contribution in [2.45, 2.75) is 5.75 Å². The van der Waals surface area contributed by atoms with Crippen LogP contribution in [0.1, 0.15) is 5.56 Å². The van der Waals surface area contributed by atoms with Gasteiger partial charge in [0.1, 0.15) is 17.3 Å². The maximum atomic E-state index is 11.0. The molecule has 0 aromatic carbocycles. The van der Waals surface area contributed by atoms with Gasteiger partial charge in [-0.2, -0.15) is 0 Å². The molecule has 0 radical (unpaired) electrons. The van der Waals surface area contributed by atoms with E-state index in [1.807, 2.05) is 0 Å². The van der Waals surface area contributed by atoms with Crippen molar-refractivity contribution in [2.75, 3.05) is 19.0 Å². The minimum Gasteiger partial charge on any atom is -0.362 e. The summed E-state index contributed by atoms with van der Waals surface area (Å²) in [6.45, 7) is 0. The average Bonchev–Trinajstić information content (AvgIpc) is 2.05. The van der Waals surface area contributed by atoms with Crippen molar-refractivity contribution in [3.8, 4) is 0 Å². The van der Waals surface area contributed by atoms with Crippen LogP contribution in [-0.2, 0) is 14.8 Å². The van der Waals surface area contributed by atoms with E-state index in [2.05, 4.69) is 9.97 Å².